The van der Waals surface area contributed by atoms with E-state index in [-0.39, 0.29) is 37.4 Å². The first-order chi connectivity index (χ1) is 12.0. The number of benzene rings is 1. The highest BCUT2D eigenvalue weighted by Crippen LogP contribution is 2.17. The molecule has 0 radical (unpaired) electrons. The van der Waals surface area contributed by atoms with Crippen molar-refractivity contribution in [2.24, 2.45) is 0 Å². The van der Waals surface area contributed by atoms with Crippen LogP contribution >= 0.6 is 0 Å². The summed E-state index contributed by atoms with van der Waals surface area (Å²) in [4.78, 5) is 34.6. The van der Waals surface area contributed by atoms with Gasteiger partial charge < -0.3 is 21.1 Å². The van der Waals surface area contributed by atoms with Crippen molar-refractivity contribution in [2.75, 3.05) is 18.4 Å². The average molecular weight is 347 g/mol. The Kier molecular flexibility index (Phi) is 7.25. The molecule has 0 bridgehead atoms. The molecule has 0 heterocycles. The predicted molar refractivity (Wildman–Crippen MR) is 94.5 cm³/mol. The minimum Gasteiger partial charge on any atom is -0.480 e. The van der Waals surface area contributed by atoms with Gasteiger partial charge in [0.05, 0.1) is 0 Å². The molecule has 1 aromatic rings. The van der Waals surface area contributed by atoms with E-state index in [2.05, 4.69) is 16.0 Å². The molecule has 0 spiro atoms. The lowest BCUT2D eigenvalue weighted by atomic mass is 9.95. The van der Waals surface area contributed by atoms with Crippen molar-refractivity contribution in [1.29, 1.82) is 0 Å². The lowest BCUT2D eigenvalue weighted by molar-refractivity contribution is -0.135. The summed E-state index contributed by atoms with van der Waals surface area (Å²) >= 11 is 0. The number of carbonyl (C=O) groups excluding carboxylic acids is 2. The van der Waals surface area contributed by atoms with Gasteiger partial charge in [0.25, 0.3) is 5.91 Å². The van der Waals surface area contributed by atoms with Crippen LogP contribution in [-0.4, -0.2) is 42.0 Å². The fourth-order valence-corrected chi connectivity index (χ4v) is 2.89. The van der Waals surface area contributed by atoms with E-state index >= 15 is 0 Å². The molecule has 7 heteroatoms. The van der Waals surface area contributed by atoms with Gasteiger partial charge in [0.2, 0.25) is 5.91 Å². The van der Waals surface area contributed by atoms with Gasteiger partial charge in [-0.15, -0.1) is 0 Å². The van der Waals surface area contributed by atoms with Gasteiger partial charge >= 0.3 is 5.97 Å². The summed E-state index contributed by atoms with van der Waals surface area (Å²) < 4.78 is 0. The zero-order valence-electron chi connectivity index (χ0n) is 14.2. The molecule has 0 aliphatic heterocycles. The fourth-order valence-electron chi connectivity index (χ4n) is 2.89. The molecule has 4 N–H and O–H groups in total. The Bertz CT molecular complexity index is 612. The number of aliphatic carboxylic acids is 1. The molecule has 2 rings (SSSR count). The Hall–Kier alpha value is -2.57. The van der Waals surface area contributed by atoms with Gasteiger partial charge in [-0.05, 0) is 31.0 Å². The molecule has 0 aromatic heterocycles. The number of rotatable bonds is 8. The highest BCUT2D eigenvalue weighted by Gasteiger charge is 2.15. The van der Waals surface area contributed by atoms with Crippen LogP contribution in [0.4, 0.5) is 5.69 Å². The third kappa shape index (κ3) is 6.82. The Morgan fingerprint density at radius 3 is 2.60 bits per heavy atom. The second-order valence-electron chi connectivity index (χ2n) is 6.24. The van der Waals surface area contributed by atoms with Gasteiger partial charge in [0.15, 0.2) is 0 Å². The molecule has 2 amide bonds. The minimum absolute atomic E-state index is 0.0379. The first kappa shape index (κ1) is 18.8. The maximum Gasteiger partial charge on any atom is 0.322 e. The van der Waals surface area contributed by atoms with Crippen molar-refractivity contribution in [3.63, 3.8) is 0 Å². The summed E-state index contributed by atoms with van der Waals surface area (Å²) in [5.74, 6) is -1.30. The van der Waals surface area contributed by atoms with E-state index in [1.807, 2.05) is 0 Å². The smallest absolute Gasteiger partial charge is 0.322 e. The minimum atomic E-state index is -0.973. The predicted octanol–water partition coefficient (Wildman–Crippen LogP) is 1.75. The molecule has 1 aliphatic rings. The van der Waals surface area contributed by atoms with E-state index in [1.165, 1.54) is 6.42 Å². The molecule has 0 atom stereocenters. The Balaban J connectivity index is 1.73. The normalized spacial score (nSPS) is 14.6. The number of anilines is 1. The third-order valence-corrected chi connectivity index (χ3v) is 4.18. The Labute approximate surface area is 147 Å². The van der Waals surface area contributed by atoms with E-state index in [9.17, 15) is 14.4 Å². The molecule has 136 valence electrons. The first-order valence-corrected chi connectivity index (χ1v) is 8.68. The first-order valence-electron chi connectivity index (χ1n) is 8.68. The van der Waals surface area contributed by atoms with Gasteiger partial charge in [-0.2, -0.15) is 0 Å². The summed E-state index contributed by atoms with van der Waals surface area (Å²) in [7, 11) is 0. The van der Waals surface area contributed by atoms with Gasteiger partial charge in [-0.1, -0.05) is 25.3 Å². The second-order valence-corrected chi connectivity index (χ2v) is 6.24. The standard InChI is InChI=1S/C18H25N3O4/c22-16(21-14-6-2-1-3-7-14)9-10-19-18(25)13-5-4-8-15(11-13)20-12-17(23)24/h4-5,8,11,14,20H,1-3,6-7,9-10,12H2,(H,19,25)(H,21,22)(H,23,24). The molecule has 1 fully saturated rings. The quantitative estimate of drug-likeness (QED) is 0.573. The van der Waals surface area contributed by atoms with Crippen molar-refractivity contribution < 1.29 is 19.5 Å². The third-order valence-electron chi connectivity index (χ3n) is 4.18. The van der Waals surface area contributed by atoms with Crippen LogP contribution in [0, 0.1) is 0 Å². The van der Waals surface area contributed by atoms with Crippen molar-refractivity contribution in [2.45, 2.75) is 44.6 Å². The Morgan fingerprint density at radius 2 is 1.88 bits per heavy atom. The molecule has 1 aliphatic carbocycles. The number of nitrogens with one attached hydrogen (secondary N) is 3. The number of amides is 2. The Morgan fingerprint density at radius 1 is 1.12 bits per heavy atom. The average Bonchev–Trinajstić information content (AvgIpc) is 2.61. The number of carboxylic acid groups (broad SMARTS) is 1. The largest absolute Gasteiger partial charge is 0.480 e. The van der Waals surface area contributed by atoms with Crippen LogP contribution in [0.3, 0.4) is 0 Å². The van der Waals surface area contributed by atoms with Gasteiger partial charge in [-0.25, -0.2) is 0 Å². The van der Waals surface area contributed by atoms with E-state index in [0.29, 0.717) is 11.3 Å². The van der Waals surface area contributed by atoms with Crippen molar-refractivity contribution >= 4 is 23.5 Å². The molecular weight excluding hydrogens is 322 g/mol. The highest BCUT2D eigenvalue weighted by molar-refractivity contribution is 5.95. The lowest BCUT2D eigenvalue weighted by Gasteiger charge is -2.22. The van der Waals surface area contributed by atoms with Crippen molar-refractivity contribution in [3.8, 4) is 0 Å². The number of carboxylic acids is 1. The molecule has 0 saturated heterocycles. The molecule has 1 saturated carbocycles. The summed E-state index contributed by atoms with van der Waals surface area (Å²) in [5.41, 5.74) is 0.980. The second kappa shape index (κ2) is 9.66. The van der Waals surface area contributed by atoms with Crippen LogP contribution in [-0.2, 0) is 9.59 Å². The van der Waals surface area contributed by atoms with Crippen LogP contribution in [0.2, 0.25) is 0 Å². The van der Waals surface area contributed by atoms with Crippen LogP contribution in [0.5, 0.6) is 0 Å². The van der Waals surface area contributed by atoms with Gasteiger partial charge in [-0.3, -0.25) is 14.4 Å². The van der Waals surface area contributed by atoms with Crippen LogP contribution in [0.15, 0.2) is 24.3 Å². The van der Waals surface area contributed by atoms with Crippen molar-refractivity contribution in [3.05, 3.63) is 29.8 Å². The van der Waals surface area contributed by atoms with E-state index in [1.54, 1.807) is 24.3 Å². The summed E-state index contributed by atoms with van der Waals surface area (Å²) in [6.07, 6.45) is 5.88. The topological polar surface area (TPSA) is 108 Å². The lowest BCUT2D eigenvalue weighted by Crippen LogP contribution is -2.38. The van der Waals surface area contributed by atoms with Gasteiger partial charge in [0, 0.05) is 30.3 Å². The molecular formula is C18H25N3O4. The number of hydrogen-bond acceptors (Lipinski definition) is 4. The molecule has 0 unspecified atom stereocenters. The van der Waals surface area contributed by atoms with Crippen LogP contribution < -0.4 is 16.0 Å². The zero-order chi connectivity index (χ0) is 18.1. The monoisotopic (exact) mass is 347 g/mol. The van der Waals surface area contributed by atoms with Crippen LogP contribution in [0.25, 0.3) is 0 Å². The highest BCUT2D eigenvalue weighted by atomic mass is 16.4. The maximum absolute atomic E-state index is 12.1. The number of carbonyl (C=O) groups is 3. The zero-order valence-corrected chi connectivity index (χ0v) is 14.2. The van der Waals surface area contributed by atoms with Gasteiger partial charge in [0.1, 0.15) is 6.54 Å². The molecule has 25 heavy (non-hydrogen) atoms. The molecule has 1 aromatic carbocycles. The van der Waals surface area contributed by atoms with E-state index in [0.717, 1.165) is 25.7 Å². The van der Waals surface area contributed by atoms with Crippen LogP contribution in [0.1, 0.15) is 48.9 Å². The molecule has 7 nitrogen and oxygen atoms in total. The summed E-state index contributed by atoms with van der Waals surface area (Å²) in [5, 5.41) is 17.1. The number of hydrogen-bond donors (Lipinski definition) is 4. The summed E-state index contributed by atoms with van der Waals surface area (Å²) in [6.45, 7) is 0.0522. The van der Waals surface area contributed by atoms with Crippen molar-refractivity contribution in [1.82, 2.24) is 10.6 Å². The fraction of sp³-hybridized carbons (Fsp3) is 0.500. The SMILES string of the molecule is O=C(O)CNc1cccc(C(=O)NCCC(=O)NC2CCCCC2)c1. The maximum atomic E-state index is 12.1. The van der Waals surface area contributed by atoms with E-state index < -0.39 is 5.97 Å². The van der Waals surface area contributed by atoms with E-state index in [4.69, 9.17) is 5.11 Å². The summed E-state index contributed by atoms with van der Waals surface area (Å²) in [6, 6.07) is 6.87.